The number of nitrogens with zero attached hydrogens (tertiary/aromatic N) is 1. The zero-order valence-electron chi connectivity index (χ0n) is 11.9. The third kappa shape index (κ3) is 4.06. The zero-order valence-corrected chi connectivity index (χ0v) is 12.7. The van der Waals surface area contributed by atoms with Gasteiger partial charge in [-0.3, -0.25) is 4.79 Å². The molecule has 2 rings (SSSR count). The Balaban J connectivity index is 1.78. The Bertz CT molecular complexity index is 608. The summed E-state index contributed by atoms with van der Waals surface area (Å²) >= 11 is 1.58. The molecule has 0 bridgehead atoms. The molecule has 1 amide bonds. The third-order valence-corrected chi connectivity index (χ3v) is 3.89. The summed E-state index contributed by atoms with van der Waals surface area (Å²) in [5.41, 5.74) is 2.37. The van der Waals surface area contributed by atoms with E-state index in [2.05, 4.69) is 10.3 Å². The van der Waals surface area contributed by atoms with Crippen molar-refractivity contribution in [1.29, 1.82) is 0 Å². The van der Waals surface area contributed by atoms with Gasteiger partial charge in [-0.25, -0.2) is 4.98 Å². The normalized spacial score (nSPS) is 10.3. The van der Waals surface area contributed by atoms with Crippen molar-refractivity contribution >= 4 is 17.2 Å². The van der Waals surface area contributed by atoms with Crippen molar-refractivity contribution in [2.75, 3.05) is 6.61 Å². The highest BCUT2D eigenvalue weighted by molar-refractivity contribution is 7.11. The summed E-state index contributed by atoms with van der Waals surface area (Å²) in [4.78, 5) is 16.9. The Morgan fingerprint density at radius 1 is 1.30 bits per heavy atom. The first-order valence-electron chi connectivity index (χ1n) is 6.42. The van der Waals surface area contributed by atoms with E-state index in [0.29, 0.717) is 6.54 Å². The summed E-state index contributed by atoms with van der Waals surface area (Å²) in [6.45, 7) is 6.54. The zero-order chi connectivity index (χ0) is 14.5. The van der Waals surface area contributed by atoms with Gasteiger partial charge in [-0.05, 0) is 44.0 Å². The van der Waals surface area contributed by atoms with E-state index in [9.17, 15) is 4.79 Å². The van der Waals surface area contributed by atoms with Crippen LogP contribution in [0.2, 0.25) is 0 Å². The maximum atomic E-state index is 11.7. The lowest BCUT2D eigenvalue weighted by Gasteiger charge is -2.08. The maximum Gasteiger partial charge on any atom is 0.258 e. The SMILES string of the molecule is Cc1ncc(CNC(=O)COc2ccc(C)c(C)c2)s1. The van der Waals surface area contributed by atoms with Gasteiger partial charge in [-0.2, -0.15) is 0 Å². The second-order valence-corrected chi connectivity index (χ2v) is 5.98. The summed E-state index contributed by atoms with van der Waals surface area (Å²) in [5, 5.41) is 3.82. The van der Waals surface area contributed by atoms with E-state index in [1.165, 1.54) is 5.56 Å². The number of hydrogen-bond acceptors (Lipinski definition) is 4. The smallest absolute Gasteiger partial charge is 0.258 e. The molecule has 106 valence electrons. The molecule has 5 heteroatoms. The average Bonchev–Trinajstić information content (AvgIpc) is 2.83. The fraction of sp³-hybridized carbons (Fsp3) is 0.333. The molecular weight excluding hydrogens is 272 g/mol. The Kier molecular flexibility index (Phi) is 4.74. The van der Waals surface area contributed by atoms with E-state index in [1.54, 1.807) is 17.5 Å². The van der Waals surface area contributed by atoms with Crippen LogP contribution in [0.3, 0.4) is 0 Å². The highest BCUT2D eigenvalue weighted by Crippen LogP contribution is 2.16. The molecule has 1 N–H and O–H groups in total. The Morgan fingerprint density at radius 3 is 2.75 bits per heavy atom. The van der Waals surface area contributed by atoms with Crippen molar-refractivity contribution < 1.29 is 9.53 Å². The molecule has 0 fully saturated rings. The molecule has 0 radical (unpaired) electrons. The van der Waals surface area contributed by atoms with Crippen molar-refractivity contribution in [2.45, 2.75) is 27.3 Å². The van der Waals surface area contributed by atoms with E-state index in [-0.39, 0.29) is 12.5 Å². The van der Waals surface area contributed by atoms with Crippen molar-refractivity contribution in [1.82, 2.24) is 10.3 Å². The molecule has 2 aromatic rings. The minimum atomic E-state index is -0.130. The van der Waals surface area contributed by atoms with Gasteiger partial charge in [0, 0.05) is 11.1 Å². The Morgan fingerprint density at radius 2 is 2.10 bits per heavy atom. The molecule has 20 heavy (non-hydrogen) atoms. The molecule has 0 spiro atoms. The van der Waals surface area contributed by atoms with Gasteiger partial charge in [0.25, 0.3) is 5.91 Å². The number of ether oxygens (including phenoxy) is 1. The van der Waals surface area contributed by atoms with Gasteiger partial charge in [0.05, 0.1) is 11.6 Å². The van der Waals surface area contributed by atoms with Crippen LogP contribution in [0.5, 0.6) is 5.75 Å². The van der Waals surface area contributed by atoms with Gasteiger partial charge >= 0.3 is 0 Å². The van der Waals surface area contributed by atoms with E-state index >= 15 is 0 Å². The number of nitrogens with one attached hydrogen (secondary N) is 1. The summed E-state index contributed by atoms with van der Waals surface area (Å²) in [5.74, 6) is 0.589. The van der Waals surface area contributed by atoms with Gasteiger partial charge in [0.1, 0.15) is 5.75 Å². The highest BCUT2D eigenvalue weighted by Gasteiger charge is 2.05. The topological polar surface area (TPSA) is 51.2 Å². The van der Waals surface area contributed by atoms with Gasteiger partial charge in [0.15, 0.2) is 6.61 Å². The minimum absolute atomic E-state index is 0.0281. The fourth-order valence-electron chi connectivity index (χ4n) is 1.68. The molecule has 0 aliphatic rings. The predicted octanol–water partition coefficient (Wildman–Crippen LogP) is 2.76. The monoisotopic (exact) mass is 290 g/mol. The van der Waals surface area contributed by atoms with Crippen LogP contribution in [0, 0.1) is 20.8 Å². The van der Waals surface area contributed by atoms with Crippen molar-refractivity contribution in [3.8, 4) is 5.75 Å². The van der Waals surface area contributed by atoms with Crippen LogP contribution in [0.15, 0.2) is 24.4 Å². The predicted molar refractivity (Wildman–Crippen MR) is 80.1 cm³/mol. The van der Waals surface area contributed by atoms with Crippen molar-refractivity contribution in [2.24, 2.45) is 0 Å². The molecule has 4 nitrogen and oxygen atoms in total. The molecule has 1 aromatic carbocycles. The van der Waals surface area contributed by atoms with E-state index in [1.807, 2.05) is 39.0 Å². The number of benzene rings is 1. The average molecular weight is 290 g/mol. The standard InChI is InChI=1S/C15H18N2O2S/c1-10-4-5-13(6-11(10)2)19-9-15(18)17-8-14-7-16-12(3)20-14/h4-7H,8-9H2,1-3H3,(H,17,18). The summed E-state index contributed by atoms with van der Waals surface area (Å²) < 4.78 is 5.47. The Hall–Kier alpha value is -1.88. The molecule has 1 heterocycles. The van der Waals surface area contributed by atoms with Gasteiger partial charge < -0.3 is 10.1 Å². The van der Waals surface area contributed by atoms with Crippen LogP contribution in [-0.4, -0.2) is 17.5 Å². The first kappa shape index (κ1) is 14.5. The Labute approximate surface area is 122 Å². The second-order valence-electron chi connectivity index (χ2n) is 4.66. The van der Waals surface area contributed by atoms with E-state index < -0.39 is 0 Å². The molecule has 0 saturated heterocycles. The maximum absolute atomic E-state index is 11.7. The lowest BCUT2D eigenvalue weighted by molar-refractivity contribution is -0.123. The number of aromatic nitrogens is 1. The van der Waals surface area contributed by atoms with Crippen LogP contribution < -0.4 is 10.1 Å². The lowest BCUT2D eigenvalue weighted by atomic mass is 10.1. The first-order valence-corrected chi connectivity index (χ1v) is 7.24. The summed E-state index contributed by atoms with van der Waals surface area (Å²) in [7, 11) is 0. The number of aryl methyl sites for hydroxylation is 3. The molecule has 0 atom stereocenters. The number of carbonyl (C=O) groups is 1. The molecular formula is C15H18N2O2S. The molecule has 0 aliphatic carbocycles. The lowest BCUT2D eigenvalue weighted by Crippen LogP contribution is -2.28. The fourth-order valence-corrected chi connectivity index (χ4v) is 2.41. The largest absolute Gasteiger partial charge is 0.484 e. The van der Waals surface area contributed by atoms with Crippen LogP contribution in [-0.2, 0) is 11.3 Å². The molecule has 1 aromatic heterocycles. The molecule has 0 saturated carbocycles. The number of amides is 1. The molecule has 0 aliphatic heterocycles. The van der Waals surface area contributed by atoms with Gasteiger partial charge in [0.2, 0.25) is 0 Å². The van der Waals surface area contributed by atoms with E-state index in [4.69, 9.17) is 4.74 Å². The second kappa shape index (κ2) is 6.52. The van der Waals surface area contributed by atoms with Gasteiger partial charge in [-0.1, -0.05) is 6.07 Å². The number of thiazole rings is 1. The van der Waals surface area contributed by atoms with Crippen molar-refractivity contribution in [3.05, 3.63) is 45.4 Å². The van der Waals surface area contributed by atoms with E-state index in [0.717, 1.165) is 21.2 Å². The number of carbonyl (C=O) groups excluding carboxylic acids is 1. The number of rotatable bonds is 5. The van der Waals surface area contributed by atoms with Gasteiger partial charge in [-0.15, -0.1) is 11.3 Å². The van der Waals surface area contributed by atoms with Crippen LogP contribution in [0.1, 0.15) is 21.0 Å². The molecule has 0 unspecified atom stereocenters. The minimum Gasteiger partial charge on any atom is -0.484 e. The summed E-state index contributed by atoms with van der Waals surface area (Å²) in [6, 6.07) is 5.81. The van der Waals surface area contributed by atoms with Crippen molar-refractivity contribution in [3.63, 3.8) is 0 Å². The number of hydrogen-bond donors (Lipinski definition) is 1. The quantitative estimate of drug-likeness (QED) is 0.921. The van der Waals surface area contributed by atoms with Crippen LogP contribution >= 0.6 is 11.3 Å². The summed E-state index contributed by atoms with van der Waals surface area (Å²) in [6.07, 6.45) is 1.78. The van der Waals surface area contributed by atoms with Crippen LogP contribution in [0.25, 0.3) is 0 Å². The third-order valence-electron chi connectivity index (χ3n) is 2.98. The van der Waals surface area contributed by atoms with Crippen LogP contribution in [0.4, 0.5) is 0 Å². The first-order chi connectivity index (χ1) is 9.54. The highest BCUT2D eigenvalue weighted by atomic mass is 32.1.